The number of nitrogens with one attached hydrogen (secondary N) is 2. The molecule has 91 heavy (non-hydrogen) atoms. The van der Waals surface area contributed by atoms with Crippen molar-refractivity contribution in [3.8, 4) is 0 Å². The molecule has 0 saturated carbocycles. The molecular weight excluding hydrogens is 1190 g/mol. The van der Waals surface area contributed by atoms with E-state index in [0.717, 1.165) is 64.7 Å². The van der Waals surface area contributed by atoms with E-state index in [2.05, 4.69) is 24.5 Å². The van der Waals surface area contributed by atoms with Gasteiger partial charge in [0.05, 0.1) is 44.7 Å². The summed E-state index contributed by atoms with van der Waals surface area (Å²) in [4.78, 5) is 26.0. The summed E-state index contributed by atoms with van der Waals surface area (Å²) in [6, 6.07) is -2.91. The van der Waals surface area contributed by atoms with E-state index < -0.39 is 185 Å². The van der Waals surface area contributed by atoms with Gasteiger partial charge in [-0.2, -0.15) is 0 Å². The highest BCUT2D eigenvalue weighted by Crippen LogP contribution is 2.33. The van der Waals surface area contributed by atoms with Crippen molar-refractivity contribution in [1.82, 2.24) is 10.6 Å². The smallest absolute Gasteiger partial charge is 0.249 e. The van der Waals surface area contributed by atoms with Gasteiger partial charge >= 0.3 is 0 Å². The lowest BCUT2D eigenvalue weighted by molar-refractivity contribution is -0.371. The third-order valence-electron chi connectivity index (χ3n) is 18.2. The van der Waals surface area contributed by atoms with Crippen LogP contribution in [0.3, 0.4) is 0 Å². The number of amides is 2. The van der Waals surface area contributed by atoms with E-state index in [0.29, 0.717) is 12.8 Å². The van der Waals surface area contributed by atoms with Crippen molar-refractivity contribution in [2.24, 2.45) is 0 Å². The van der Waals surface area contributed by atoms with Crippen molar-refractivity contribution in [2.45, 2.75) is 374 Å². The zero-order valence-corrected chi connectivity index (χ0v) is 54.9. The van der Waals surface area contributed by atoms with Gasteiger partial charge in [-0.15, -0.1) is 0 Å². The van der Waals surface area contributed by atoms with Crippen molar-refractivity contribution in [1.29, 1.82) is 0 Å². The van der Waals surface area contributed by atoms with Crippen LogP contribution in [0.25, 0.3) is 0 Å². The van der Waals surface area contributed by atoms with E-state index in [1.54, 1.807) is 0 Å². The maximum absolute atomic E-state index is 13.7. The highest BCUT2D eigenvalue weighted by molar-refractivity contribution is 5.80. The van der Waals surface area contributed by atoms with Gasteiger partial charge in [-0.05, 0) is 19.8 Å². The molecule has 2 amide bonds. The average molecular weight is 1320 g/mol. The van der Waals surface area contributed by atoms with Crippen molar-refractivity contribution in [3.05, 3.63) is 0 Å². The van der Waals surface area contributed by atoms with Crippen molar-refractivity contribution in [3.63, 3.8) is 0 Å². The van der Waals surface area contributed by atoms with Crippen LogP contribution < -0.4 is 10.6 Å². The SMILES string of the molecule is CCCCCCCCCCCCCCCCCCCC(O)C(=O)NC(COC1OC(CO)C(O)C(O)C1OC1OC(COC2OC(COC3OC(C(C)O)C(O)C3O)C(O)C(O)C2NC(C)=O)C(O)C(O)C1O)C(O)C(O)CCCCCCCCCCCCCC. The Bertz CT molecular complexity index is 1890. The van der Waals surface area contributed by atoms with Crippen molar-refractivity contribution >= 4 is 11.8 Å². The molecule has 16 N–H and O–H groups in total. The summed E-state index contributed by atoms with van der Waals surface area (Å²) in [5, 5.41) is 159. The molecule has 0 aromatic heterocycles. The van der Waals surface area contributed by atoms with Gasteiger partial charge in [-0.25, -0.2) is 0 Å². The minimum absolute atomic E-state index is 0.126. The molecule has 0 spiro atoms. The summed E-state index contributed by atoms with van der Waals surface area (Å²) in [6.45, 7) is 3.97. The van der Waals surface area contributed by atoms with Gasteiger partial charge in [0.2, 0.25) is 11.8 Å². The Morgan fingerprint density at radius 3 is 1.33 bits per heavy atom. The number of carbonyl (C=O) groups is 2. The number of hydrogen-bond acceptors (Lipinski definition) is 24. The fourth-order valence-corrected chi connectivity index (χ4v) is 12.4. The molecule has 24 atom stereocenters. The Kier molecular flexibility index (Phi) is 40.8. The third kappa shape index (κ3) is 28.2. The van der Waals surface area contributed by atoms with E-state index in [4.69, 9.17) is 37.9 Å². The number of hydrogen-bond donors (Lipinski definition) is 16. The zero-order valence-electron chi connectivity index (χ0n) is 54.9. The lowest BCUT2D eigenvalue weighted by Crippen LogP contribution is -2.66. The lowest BCUT2D eigenvalue weighted by Gasteiger charge is -2.47. The molecule has 0 aromatic carbocycles. The molecule has 0 bridgehead atoms. The van der Waals surface area contributed by atoms with Gasteiger partial charge < -0.3 is 120 Å². The summed E-state index contributed by atoms with van der Waals surface area (Å²) in [5.41, 5.74) is 0. The van der Waals surface area contributed by atoms with Crippen LogP contribution >= 0.6 is 0 Å². The Balaban J connectivity index is 1.40. The molecule has 24 unspecified atom stereocenters. The molecule has 0 aliphatic carbocycles. The quantitative estimate of drug-likeness (QED) is 0.0388. The second-order valence-electron chi connectivity index (χ2n) is 26.1. The van der Waals surface area contributed by atoms with Crippen LogP contribution in [0.2, 0.25) is 0 Å². The molecule has 26 nitrogen and oxygen atoms in total. The Hall–Kier alpha value is -1.94. The van der Waals surface area contributed by atoms with Gasteiger partial charge in [0.25, 0.3) is 0 Å². The number of unbranched alkanes of at least 4 members (excludes halogenated alkanes) is 27. The Morgan fingerprint density at radius 2 is 0.868 bits per heavy atom. The summed E-state index contributed by atoms with van der Waals surface area (Å²) < 4.78 is 46.6. The fourth-order valence-electron chi connectivity index (χ4n) is 12.4. The average Bonchev–Trinajstić information content (AvgIpc) is 1.29. The first-order chi connectivity index (χ1) is 43.7. The highest BCUT2D eigenvalue weighted by Gasteiger charge is 2.53. The maximum atomic E-state index is 13.7. The lowest BCUT2D eigenvalue weighted by atomic mass is 9.96. The molecule has 0 radical (unpaired) electrons. The van der Waals surface area contributed by atoms with Crippen molar-refractivity contribution in [2.75, 3.05) is 26.4 Å². The molecule has 26 heteroatoms. The zero-order chi connectivity index (χ0) is 66.8. The monoisotopic (exact) mass is 1310 g/mol. The van der Waals surface area contributed by atoms with Gasteiger partial charge in [0.15, 0.2) is 25.2 Å². The van der Waals surface area contributed by atoms with E-state index in [9.17, 15) is 81.1 Å². The summed E-state index contributed by atoms with van der Waals surface area (Å²) in [6.07, 6.45) is -3.95. The first-order valence-corrected chi connectivity index (χ1v) is 34.8. The van der Waals surface area contributed by atoms with Crippen LogP contribution in [0.1, 0.15) is 227 Å². The number of carbonyl (C=O) groups excluding carboxylic acids is 2. The van der Waals surface area contributed by atoms with E-state index >= 15 is 0 Å². The second kappa shape index (κ2) is 45.5. The predicted octanol–water partition coefficient (Wildman–Crippen LogP) is 2.15. The van der Waals surface area contributed by atoms with Gasteiger partial charge in [-0.1, -0.05) is 200 Å². The molecular formula is C65H122N2O24. The number of ether oxygens (including phenoxy) is 8. The third-order valence-corrected chi connectivity index (χ3v) is 18.2. The summed E-state index contributed by atoms with van der Waals surface area (Å²) in [7, 11) is 0. The van der Waals surface area contributed by atoms with Gasteiger partial charge in [-0.3, -0.25) is 9.59 Å². The fraction of sp³-hybridized carbons (Fsp3) is 0.969. The molecule has 4 aliphatic rings. The first kappa shape index (κ1) is 81.5. The highest BCUT2D eigenvalue weighted by atomic mass is 16.8. The van der Waals surface area contributed by atoms with Crippen molar-refractivity contribution < 1.29 is 119 Å². The minimum atomic E-state index is -2.09. The van der Waals surface area contributed by atoms with Crippen LogP contribution in [-0.2, 0) is 47.5 Å². The number of aliphatic hydroxyl groups is 14. The maximum Gasteiger partial charge on any atom is 0.249 e. The minimum Gasteiger partial charge on any atom is -0.394 e. The molecule has 4 saturated heterocycles. The molecule has 0 aromatic rings. The van der Waals surface area contributed by atoms with E-state index in [-0.39, 0.29) is 12.8 Å². The van der Waals surface area contributed by atoms with E-state index in [1.807, 2.05) is 0 Å². The first-order valence-electron chi connectivity index (χ1n) is 34.8. The van der Waals surface area contributed by atoms with E-state index in [1.165, 1.54) is 122 Å². The topological polar surface area (TPSA) is 415 Å². The predicted molar refractivity (Wildman–Crippen MR) is 332 cm³/mol. The Morgan fingerprint density at radius 1 is 0.451 bits per heavy atom. The molecule has 536 valence electrons. The second-order valence-corrected chi connectivity index (χ2v) is 26.1. The molecule has 4 rings (SSSR count). The molecule has 4 heterocycles. The van der Waals surface area contributed by atoms with Crippen LogP contribution in [0.15, 0.2) is 0 Å². The molecule has 4 fully saturated rings. The van der Waals surface area contributed by atoms with Crippen LogP contribution in [0, 0.1) is 0 Å². The van der Waals surface area contributed by atoms with Crippen LogP contribution in [-0.4, -0.2) is 257 Å². The largest absolute Gasteiger partial charge is 0.394 e. The van der Waals surface area contributed by atoms with Gasteiger partial charge in [0, 0.05) is 6.92 Å². The van der Waals surface area contributed by atoms with Gasteiger partial charge in [0.1, 0.15) is 104 Å². The normalized spacial score (nSPS) is 32.9. The standard InChI is InChI=1S/C65H122N2O24/c1-5-7-9-11-13-15-17-19-20-21-22-23-25-27-29-31-33-35-44(72)61(83)67-42(49(73)43(71)34-32-30-28-26-24-18-16-14-12-10-8-6-2)37-84-65-60(55(79)50(74)45(36-68)87-65)91-64-57(81)54(78)52(76)47(89-64)38-85-62-48(66-41(4)70)53(77)51(75)46(88-62)39-86-63-58(82)56(80)59(90-63)40(3)69/h40,42-60,62-65,68-69,71-82H,5-39H2,1-4H3,(H,66,70)(H,67,83). The number of aliphatic hydroxyl groups excluding tert-OH is 14. The summed E-state index contributed by atoms with van der Waals surface area (Å²) in [5.74, 6) is -1.53. The van der Waals surface area contributed by atoms with Crippen LogP contribution in [0.4, 0.5) is 0 Å². The Labute approximate surface area is 540 Å². The number of rotatable bonds is 49. The molecule has 4 aliphatic heterocycles. The summed E-state index contributed by atoms with van der Waals surface area (Å²) >= 11 is 0. The van der Waals surface area contributed by atoms with Crippen LogP contribution in [0.5, 0.6) is 0 Å².